The zero-order valence-corrected chi connectivity index (χ0v) is 21.7. The maximum Gasteiger partial charge on any atom is 0 e. The minimum atomic E-state index is 0. The Bertz CT molecular complexity index is 11.0. The van der Waals surface area contributed by atoms with Crippen LogP contribution in [0.4, 0.5) is 0 Å². The van der Waals surface area contributed by atoms with Crippen molar-refractivity contribution in [1.82, 2.24) is 0 Å². The van der Waals surface area contributed by atoms with E-state index in [2.05, 4.69) is 0 Å². The summed E-state index contributed by atoms with van der Waals surface area (Å²) in [6.07, 6.45) is 0. The molecule has 12 heavy (non-hydrogen) atoms. The predicted octanol–water partition coefficient (Wildman–Crippen LogP) is 3.59. The van der Waals surface area contributed by atoms with Gasteiger partial charge in [-0.1, -0.05) is 0 Å². The molecule has 0 aliphatic heterocycles. The number of rotatable bonds is 0. The van der Waals surface area contributed by atoms with Gasteiger partial charge < -0.3 is 59.4 Å². The first-order valence-electron chi connectivity index (χ1n) is 0. The van der Waals surface area contributed by atoms with Crippen molar-refractivity contribution in [2.75, 3.05) is 0 Å². The monoisotopic (exact) mass is 476 g/mol. The fourth-order valence-electron chi connectivity index (χ4n) is 0. The van der Waals surface area contributed by atoms with Crippen LogP contribution in [0.25, 0.3) is 0 Å². The fraction of sp³-hybridized carbons (Fsp3) is 0. The van der Waals surface area contributed by atoms with Gasteiger partial charge in [0.1, 0.15) is 0 Å². The maximum atomic E-state index is 0. The molecule has 0 unspecified atom stereocenters. The molecule has 0 bridgehead atoms. The minimum absolute atomic E-state index is 0. The molecule has 0 spiro atoms. The van der Waals surface area contributed by atoms with Crippen LogP contribution in [0.1, 0.15) is 0 Å². The molecule has 0 rings (SSSR count). The van der Waals surface area contributed by atoms with Gasteiger partial charge in [0.25, 0.3) is 0 Å². The zero-order valence-electron chi connectivity index (χ0n) is 10.3. The first kappa shape index (κ1) is 200. The second kappa shape index (κ2) is 164. The third-order valence-corrected chi connectivity index (χ3v) is 0. The van der Waals surface area contributed by atoms with E-state index >= 15 is 0 Å². The largest absolute Gasteiger partial charge is 0.358 e. The summed E-state index contributed by atoms with van der Waals surface area (Å²) in [6.45, 7) is 0. The van der Waals surface area contributed by atoms with E-state index in [1.165, 1.54) is 0 Å². The number of hydrogen-bond acceptors (Lipinski definition) is 0. The van der Waals surface area contributed by atoms with Crippen LogP contribution in [0, 0.1) is 59.4 Å². The zero-order chi connectivity index (χ0) is 0. The molecule has 76 valence electrons. The topological polar surface area (TPSA) is 0 Å². The molecule has 0 atom stereocenters. The molecule has 0 N–H and O–H groups in total. The second-order valence-corrected chi connectivity index (χ2v) is 0. The van der Waals surface area contributed by atoms with Gasteiger partial charge >= 0.3 is 0 Å². The van der Waals surface area contributed by atoms with Gasteiger partial charge in [-0.05, 0) is 0 Å². The second-order valence-electron chi connectivity index (χ2n) is 0. The molecule has 0 aliphatic carbocycles. The van der Waals surface area contributed by atoms with Crippen molar-refractivity contribution in [2.45, 2.75) is 0 Å². The van der Waals surface area contributed by atoms with Crippen molar-refractivity contribution in [2.24, 2.45) is 0 Å². The number of hydrogen-bond donors (Lipinski definition) is 0. The summed E-state index contributed by atoms with van der Waals surface area (Å²) in [5, 5.41) is 0. The molecule has 0 saturated carbocycles. The summed E-state index contributed by atoms with van der Waals surface area (Å²) in [7, 11) is 0. The molecular formula is C8H24Y4-8. The van der Waals surface area contributed by atoms with E-state index in [9.17, 15) is 0 Å². The molecule has 0 heterocycles. The smallest absolute Gasteiger partial charge is 0 e. The standard InChI is InChI=1S/8CH3.4Y/h8*1H3;;;;/q8*-1;;;;. The Kier molecular flexibility index (Phi) is 2740. The van der Waals surface area contributed by atoms with Crippen LogP contribution in [0.2, 0.25) is 0 Å². The van der Waals surface area contributed by atoms with Crippen LogP contribution in [0.5, 0.6) is 0 Å². The molecule has 0 aliphatic rings. The van der Waals surface area contributed by atoms with E-state index in [1.54, 1.807) is 0 Å². The third kappa shape index (κ3) is 133. The summed E-state index contributed by atoms with van der Waals surface area (Å²) in [6, 6.07) is 0. The summed E-state index contributed by atoms with van der Waals surface area (Å²) in [4.78, 5) is 0. The van der Waals surface area contributed by atoms with Gasteiger partial charge in [-0.2, -0.15) is 0 Å². The van der Waals surface area contributed by atoms with E-state index in [4.69, 9.17) is 0 Å². The van der Waals surface area contributed by atoms with Crippen molar-refractivity contribution >= 4 is 0 Å². The summed E-state index contributed by atoms with van der Waals surface area (Å²) in [5.74, 6) is 0. The van der Waals surface area contributed by atoms with Gasteiger partial charge in [-0.3, -0.25) is 0 Å². The average molecular weight is 476 g/mol. The van der Waals surface area contributed by atoms with Crippen molar-refractivity contribution in [3.05, 3.63) is 59.4 Å². The van der Waals surface area contributed by atoms with Crippen molar-refractivity contribution in [3.8, 4) is 0 Å². The minimum Gasteiger partial charge on any atom is -0.358 e. The van der Waals surface area contributed by atoms with Crippen LogP contribution < -0.4 is 0 Å². The van der Waals surface area contributed by atoms with Crippen molar-refractivity contribution in [3.63, 3.8) is 0 Å². The summed E-state index contributed by atoms with van der Waals surface area (Å²) in [5.41, 5.74) is 0. The van der Waals surface area contributed by atoms with Gasteiger partial charge in [-0.25, -0.2) is 0 Å². The van der Waals surface area contributed by atoms with Crippen LogP contribution >= 0.6 is 0 Å². The van der Waals surface area contributed by atoms with Crippen LogP contribution in [-0.4, -0.2) is 0 Å². The Morgan fingerprint density at radius 2 is 0.167 bits per heavy atom. The van der Waals surface area contributed by atoms with Crippen molar-refractivity contribution < 1.29 is 131 Å². The third-order valence-electron chi connectivity index (χ3n) is 0. The van der Waals surface area contributed by atoms with Gasteiger partial charge in [0, 0.05) is 131 Å². The van der Waals surface area contributed by atoms with Crippen molar-refractivity contribution in [1.29, 1.82) is 0 Å². The van der Waals surface area contributed by atoms with E-state index in [-0.39, 0.29) is 190 Å². The average Bonchev–Trinajstić information content (AvgIpc) is 0. The molecule has 0 nitrogen and oxygen atoms in total. The van der Waals surface area contributed by atoms with Crippen LogP contribution in [0.15, 0.2) is 0 Å². The summed E-state index contributed by atoms with van der Waals surface area (Å²) >= 11 is 0. The molecule has 4 radical (unpaired) electrons. The molecular weight excluding hydrogens is 452 g/mol. The SMILES string of the molecule is [CH3-].[CH3-].[CH3-].[CH3-].[CH3-].[CH3-].[CH3-].[CH3-].[Y].[Y].[Y].[Y]. The Labute approximate surface area is 186 Å². The Morgan fingerprint density at radius 3 is 0.167 bits per heavy atom. The molecule has 0 aromatic heterocycles. The predicted molar refractivity (Wildman–Crippen MR) is 51.3 cm³/mol. The van der Waals surface area contributed by atoms with Crippen LogP contribution in [-0.2, 0) is 131 Å². The van der Waals surface area contributed by atoms with Crippen LogP contribution in [0.3, 0.4) is 0 Å². The molecule has 0 saturated heterocycles. The van der Waals surface area contributed by atoms with E-state index in [0.29, 0.717) is 0 Å². The molecule has 4 heteroatoms. The molecule has 0 aromatic rings. The molecule has 0 aromatic carbocycles. The van der Waals surface area contributed by atoms with Gasteiger partial charge in [0.2, 0.25) is 0 Å². The normalized spacial score (nSPS) is 0. The van der Waals surface area contributed by atoms with Gasteiger partial charge in [0.05, 0.1) is 0 Å². The van der Waals surface area contributed by atoms with E-state index in [1.807, 2.05) is 0 Å². The Balaban J connectivity index is 0. The molecule has 0 amide bonds. The Morgan fingerprint density at radius 1 is 0.167 bits per heavy atom. The maximum absolute atomic E-state index is 0. The summed E-state index contributed by atoms with van der Waals surface area (Å²) < 4.78 is 0. The van der Waals surface area contributed by atoms with E-state index < -0.39 is 0 Å². The Hall–Kier alpha value is 4.42. The van der Waals surface area contributed by atoms with E-state index in [0.717, 1.165) is 0 Å². The van der Waals surface area contributed by atoms with Gasteiger partial charge in [-0.15, -0.1) is 0 Å². The quantitative estimate of drug-likeness (QED) is 0.470. The first-order valence-corrected chi connectivity index (χ1v) is 0. The van der Waals surface area contributed by atoms with Gasteiger partial charge in [0.15, 0.2) is 0 Å². The first-order chi connectivity index (χ1) is 0. The molecule has 0 fully saturated rings. The fourth-order valence-corrected chi connectivity index (χ4v) is 0.